The Hall–Kier alpha value is -2.11. The summed E-state index contributed by atoms with van der Waals surface area (Å²) in [4.78, 5) is 17.4. The lowest BCUT2D eigenvalue weighted by atomic mass is 10.0. The van der Waals surface area contributed by atoms with Crippen LogP contribution in [-0.4, -0.2) is 9.55 Å². The average molecular weight is 392 g/mol. The lowest BCUT2D eigenvalue weighted by Crippen LogP contribution is -2.30. The number of aromatic nitrogens is 2. The number of nitrogens with two attached hydrogens (primary N) is 1. The Morgan fingerprint density at radius 1 is 1.04 bits per heavy atom. The fourth-order valence-corrected chi connectivity index (χ4v) is 5.93. The molecule has 2 aliphatic rings. The molecule has 2 aromatic carbocycles. The fraction of sp³-hybridized carbons (Fsp3) is 0.391. The molecule has 1 heterocycles. The molecule has 1 aromatic heterocycles. The summed E-state index contributed by atoms with van der Waals surface area (Å²) >= 11 is 1.54. The lowest BCUT2D eigenvalue weighted by Gasteiger charge is -2.21. The summed E-state index contributed by atoms with van der Waals surface area (Å²) in [5.41, 5.74) is 10.1. The quantitative estimate of drug-likeness (QED) is 0.396. The number of fused-ring (bicyclic) bond motifs is 2. The molecule has 5 heteroatoms. The Balaban J connectivity index is 1.53. The van der Waals surface area contributed by atoms with Gasteiger partial charge < -0.3 is 5.73 Å². The molecule has 1 unspecified atom stereocenters. The minimum Gasteiger partial charge on any atom is -0.315 e. The van der Waals surface area contributed by atoms with E-state index < -0.39 is 0 Å². The van der Waals surface area contributed by atoms with Crippen molar-refractivity contribution in [3.63, 3.8) is 0 Å². The molecule has 5 rings (SSSR count). The lowest BCUT2D eigenvalue weighted by molar-refractivity contribution is 0.471. The third-order valence-corrected chi connectivity index (χ3v) is 7.27. The smallest absolute Gasteiger partial charge is 0.315 e. The summed E-state index contributed by atoms with van der Waals surface area (Å²) in [7, 11) is 0. The normalized spacial score (nSPS) is 17.9. The van der Waals surface area contributed by atoms with E-state index in [9.17, 15) is 4.79 Å². The Labute approximate surface area is 169 Å². The van der Waals surface area contributed by atoms with E-state index in [0.29, 0.717) is 6.04 Å². The van der Waals surface area contributed by atoms with Crippen LogP contribution in [0.5, 0.6) is 0 Å². The predicted octanol–water partition coefficient (Wildman–Crippen LogP) is 4.75. The van der Waals surface area contributed by atoms with Crippen LogP contribution >= 0.6 is 11.8 Å². The monoisotopic (exact) mass is 391 g/mol. The molecular weight excluding hydrogens is 366 g/mol. The van der Waals surface area contributed by atoms with Crippen molar-refractivity contribution in [3.05, 3.63) is 69.8 Å². The number of nitrogens with zero attached hydrogens (tertiary/aromatic N) is 2. The molecule has 3 aromatic rings. The molecule has 1 saturated carbocycles. The zero-order valence-electron chi connectivity index (χ0n) is 15.9. The summed E-state index contributed by atoms with van der Waals surface area (Å²) in [5, 5.41) is 2.95. The number of benzene rings is 2. The van der Waals surface area contributed by atoms with Crippen molar-refractivity contribution in [1.29, 1.82) is 0 Å². The second-order valence-electron chi connectivity index (χ2n) is 7.89. The first kappa shape index (κ1) is 18.0. The molecule has 1 fully saturated rings. The molecule has 0 saturated heterocycles. The maximum absolute atomic E-state index is 12.9. The standard InChI is InChI=1S/C23H25N3OS/c24-21(18-12-5-8-15-7-1-4-11-17(15)18)28-22-19-13-6-14-20(19)26(23(27)25-22)16-9-2-3-10-16/h1,4-5,7-8,11-12,16,21H,2-3,6,9-10,13-14,24H2. The summed E-state index contributed by atoms with van der Waals surface area (Å²) < 4.78 is 2.02. The van der Waals surface area contributed by atoms with Gasteiger partial charge in [-0.3, -0.25) is 4.57 Å². The summed E-state index contributed by atoms with van der Waals surface area (Å²) in [5.74, 6) is 0. The number of hydrogen-bond acceptors (Lipinski definition) is 4. The first-order valence-electron chi connectivity index (χ1n) is 10.3. The van der Waals surface area contributed by atoms with E-state index in [2.05, 4.69) is 29.2 Å². The molecule has 28 heavy (non-hydrogen) atoms. The minimum atomic E-state index is -0.245. The maximum Gasteiger partial charge on any atom is 0.349 e. The predicted molar refractivity (Wildman–Crippen MR) is 115 cm³/mol. The second-order valence-corrected chi connectivity index (χ2v) is 9.02. The van der Waals surface area contributed by atoms with E-state index in [1.165, 1.54) is 46.6 Å². The van der Waals surface area contributed by atoms with Crippen LogP contribution < -0.4 is 11.4 Å². The summed E-state index contributed by atoms with van der Waals surface area (Å²) in [6.45, 7) is 0. The van der Waals surface area contributed by atoms with E-state index in [1.807, 2.05) is 22.8 Å². The maximum atomic E-state index is 12.9. The van der Waals surface area contributed by atoms with Crippen molar-refractivity contribution in [1.82, 2.24) is 9.55 Å². The van der Waals surface area contributed by atoms with Gasteiger partial charge in [-0.25, -0.2) is 4.79 Å². The van der Waals surface area contributed by atoms with Crippen LogP contribution in [-0.2, 0) is 12.8 Å². The van der Waals surface area contributed by atoms with Crippen LogP contribution in [0.3, 0.4) is 0 Å². The molecule has 4 nitrogen and oxygen atoms in total. The highest BCUT2D eigenvalue weighted by atomic mass is 32.2. The molecule has 0 amide bonds. The van der Waals surface area contributed by atoms with Gasteiger partial charge in [0, 0.05) is 17.3 Å². The van der Waals surface area contributed by atoms with E-state index in [-0.39, 0.29) is 11.1 Å². The average Bonchev–Trinajstić information content (AvgIpc) is 3.40. The third-order valence-electron chi connectivity index (χ3n) is 6.20. The van der Waals surface area contributed by atoms with Crippen LogP contribution in [0, 0.1) is 0 Å². The number of hydrogen-bond donors (Lipinski definition) is 1. The van der Waals surface area contributed by atoms with Gasteiger partial charge in [-0.2, -0.15) is 4.98 Å². The van der Waals surface area contributed by atoms with E-state index in [0.717, 1.165) is 42.7 Å². The topological polar surface area (TPSA) is 60.9 Å². The molecule has 144 valence electrons. The first-order valence-corrected chi connectivity index (χ1v) is 11.1. The molecule has 0 spiro atoms. The van der Waals surface area contributed by atoms with Crippen molar-refractivity contribution in [2.75, 3.05) is 0 Å². The SMILES string of the molecule is NC(Sc1nc(=O)n(C2CCCC2)c2c1CCC2)c1cccc2ccccc12. The zero-order chi connectivity index (χ0) is 19.1. The van der Waals surface area contributed by atoms with Crippen LogP contribution in [0.1, 0.15) is 60.3 Å². The van der Waals surface area contributed by atoms with Crippen LogP contribution in [0.2, 0.25) is 0 Å². The molecule has 2 aliphatic carbocycles. The van der Waals surface area contributed by atoms with Gasteiger partial charge in [0.25, 0.3) is 0 Å². The Bertz CT molecular complexity index is 1080. The van der Waals surface area contributed by atoms with Gasteiger partial charge in [0.15, 0.2) is 0 Å². The molecule has 0 bridgehead atoms. The highest BCUT2D eigenvalue weighted by Gasteiger charge is 2.28. The molecule has 0 aliphatic heterocycles. The van der Waals surface area contributed by atoms with Gasteiger partial charge in [-0.05, 0) is 48.4 Å². The van der Waals surface area contributed by atoms with E-state index >= 15 is 0 Å². The highest BCUT2D eigenvalue weighted by Crippen LogP contribution is 2.39. The molecule has 1 atom stereocenters. The Kier molecular flexibility index (Phi) is 4.73. The largest absolute Gasteiger partial charge is 0.349 e. The van der Waals surface area contributed by atoms with Crippen LogP contribution in [0.15, 0.2) is 52.3 Å². The Morgan fingerprint density at radius 3 is 2.68 bits per heavy atom. The van der Waals surface area contributed by atoms with Crippen molar-refractivity contribution in [3.8, 4) is 0 Å². The van der Waals surface area contributed by atoms with Crippen LogP contribution in [0.4, 0.5) is 0 Å². The number of thioether (sulfide) groups is 1. The number of rotatable bonds is 4. The van der Waals surface area contributed by atoms with E-state index in [4.69, 9.17) is 5.73 Å². The van der Waals surface area contributed by atoms with Crippen molar-refractivity contribution in [2.24, 2.45) is 5.73 Å². The van der Waals surface area contributed by atoms with Gasteiger partial charge >= 0.3 is 5.69 Å². The molecular formula is C23H25N3OS. The van der Waals surface area contributed by atoms with Gasteiger partial charge in [0.1, 0.15) is 5.03 Å². The molecule has 0 radical (unpaired) electrons. The van der Waals surface area contributed by atoms with Crippen LogP contribution in [0.25, 0.3) is 10.8 Å². The van der Waals surface area contributed by atoms with Crippen molar-refractivity contribution in [2.45, 2.75) is 61.4 Å². The van der Waals surface area contributed by atoms with Crippen molar-refractivity contribution >= 4 is 22.5 Å². The summed E-state index contributed by atoms with van der Waals surface area (Å²) in [6, 6.07) is 14.9. The molecule has 2 N–H and O–H groups in total. The fourth-order valence-electron chi connectivity index (χ4n) is 4.87. The minimum absolute atomic E-state index is 0.0832. The first-order chi connectivity index (χ1) is 13.7. The zero-order valence-corrected chi connectivity index (χ0v) is 16.8. The van der Waals surface area contributed by atoms with Gasteiger partial charge in [-0.15, -0.1) is 0 Å². The second kappa shape index (κ2) is 7.37. The summed E-state index contributed by atoms with van der Waals surface area (Å²) in [6.07, 6.45) is 7.74. The highest BCUT2D eigenvalue weighted by molar-refractivity contribution is 7.99. The van der Waals surface area contributed by atoms with Gasteiger partial charge in [-0.1, -0.05) is 67.1 Å². The van der Waals surface area contributed by atoms with Crippen molar-refractivity contribution < 1.29 is 0 Å². The Morgan fingerprint density at radius 2 is 1.82 bits per heavy atom. The third kappa shape index (κ3) is 3.07. The van der Waals surface area contributed by atoms with Gasteiger partial charge in [0.2, 0.25) is 0 Å². The van der Waals surface area contributed by atoms with E-state index in [1.54, 1.807) is 0 Å². The van der Waals surface area contributed by atoms with Gasteiger partial charge in [0.05, 0.1) is 5.37 Å².